The molecule has 0 atom stereocenters. The van der Waals surface area contributed by atoms with Crippen LogP contribution in [0.25, 0.3) is 0 Å². The van der Waals surface area contributed by atoms with Crippen LogP contribution < -0.4 is 51.4 Å². The zero-order valence-corrected chi connectivity index (χ0v) is 12.8. The van der Waals surface area contributed by atoms with Gasteiger partial charge in [0.25, 0.3) is 0 Å². The van der Waals surface area contributed by atoms with Gasteiger partial charge in [-0.05, 0) is 27.8 Å². The molecule has 0 N–H and O–H groups in total. The van der Waals surface area contributed by atoms with E-state index in [2.05, 4.69) is 7.05 Å². The van der Waals surface area contributed by atoms with Gasteiger partial charge in [0.1, 0.15) is 5.60 Å². The molecule has 0 fully saturated rings. The third-order valence-electron chi connectivity index (χ3n) is 0.705. The van der Waals surface area contributed by atoms with Crippen molar-refractivity contribution in [3.8, 4) is 0 Å². The molecule has 0 aliphatic carbocycles. The van der Waals surface area contributed by atoms with Crippen LogP contribution in [0, 0.1) is 7.05 Å². The number of carbonyl (C=O) groups excluding carboxylic acids is 1. The summed E-state index contributed by atoms with van der Waals surface area (Å²) < 4.78 is 33.9. The molecule has 0 radical (unpaired) electrons. The van der Waals surface area contributed by atoms with Crippen molar-refractivity contribution in [2.75, 3.05) is 7.05 Å². The van der Waals surface area contributed by atoms with E-state index < -0.39 is 19.2 Å². The van der Waals surface area contributed by atoms with Crippen molar-refractivity contribution in [3.05, 3.63) is 7.05 Å². The standard InChI is InChI=1S/C7H14NO2.BF3.K/c1-7(2,3)10-6(9)8(4)5;2-1(3)4;/h4H2,1-3,5H3;;/q-1;;+1. The second-order valence-corrected chi connectivity index (χ2v) is 3.43. The van der Waals surface area contributed by atoms with Crippen LogP contribution in [0.4, 0.5) is 17.7 Å². The molecule has 0 rings (SSSR count). The third-order valence-corrected chi connectivity index (χ3v) is 0.705. The summed E-state index contributed by atoms with van der Waals surface area (Å²) in [5.41, 5.74) is -0.428. The number of ether oxygens (including phenoxy) is 1. The van der Waals surface area contributed by atoms with Crippen LogP contribution in [0.3, 0.4) is 0 Å². The summed E-state index contributed by atoms with van der Waals surface area (Å²) in [7, 11) is 1.26. The number of hydrogen-bond donors (Lipinski definition) is 0. The molecular formula is C7H14BF3KNO2. The third kappa shape index (κ3) is 25.2. The first-order chi connectivity index (χ1) is 6.06. The predicted octanol–water partition coefficient (Wildman–Crippen LogP) is -0.471. The van der Waals surface area contributed by atoms with E-state index in [1.54, 1.807) is 7.05 Å². The summed E-state index contributed by atoms with van der Waals surface area (Å²) in [6.07, 6.45) is -0.410. The second kappa shape index (κ2) is 9.95. The smallest absolute Gasteiger partial charge is 0.463 e. The van der Waals surface area contributed by atoms with E-state index in [0.29, 0.717) is 0 Å². The van der Waals surface area contributed by atoms with E-state index in [-0.39, 0.29) is 51.4 Å². The van der Waals surface area contributed by atoms with Gasteiger partial charge < -0.3 is 9.64 Å². The maximum atomic E-state index is 10.8. The van der Waals surface area contributed by atoms with Crippen molar-refractivity contribution in [2.24, 2.45) is 0 Å². The molecule has 0 aromatic carbocycles. The fourth-order valence-electron chi connectivity index (χ4n) is 0.340. The minimum absolute atomic E-state index is 0. The molecule has 0 unspecified atom stereocenters. The Morgan fingerprint density at radius 3 is 1.67 bits per heavy atom. The van der Waals surface area contributed by atoms with Gasteiger partial charge in [-0.15, -0.1) is 0 Å². The molecule has 0 heterocycles. The molecule has 0 saturated carbocycles. The molecule has 15 heavy (non-hydrogen) atoms. The van der Waals surface area contributed by atoms with Crippen molar-refractivity contribution in [2.45, 2.75) is 26.4 Å². The molecule has 8 heteroatoms. The molecule has 0 bridgehead atoms. The minimum Gasteiger partial charge on any atom is -0.463 e. The van der Waals surface area contributed by atoms with E-state index >= 15 is 0 Å². The second-order valence-electron chi connectivity index (χ2n) is 3.43. The van der Waals surface area contributed by atoms with E-state index in [9.17, 15) is 17.7 Å². The van der Waals surface area contributed by atoms with Crippen molar-refractivity contribution >= 4 is 13.6 Å². The van der Waals surface area contributed by atoms with E-state index in [0.717, 1.165) is 4.90 Å². The van der Waals surface area contributed by atoms with Crippen LogP contribution >= 0.6 is 0 Å². The SMILES string of the molecule is FB(F)F.[CH2-]N(C)C(=O)OC(C)(C)C.[K+]. The zero-order valence-electron chi connectivity index (χ0n) is 9.68. The monoisotopic (exact) mass is 251 g/mol. The maximum Gasteiger partial charge on any atom is 1.00 e. The number of nitrogens with zero attached hydrogens (tertiary/aromatic N) is 1. The average Bonchev–Trinajstić information content (AvgIpc) is 1.81. The first kappa shape index (κ1) is 21.1. The molecule has 1 amide bonds. The normalized spacial score (nSPS) is 9.07. The molecule has 84 valence electrons. The van der Waals surface area contributed by atoms with Crippen LogP contribution in [-0.4, -0.2) is 31.2 Å². The Bertz CT molecular complexity index is 173. The molecule has 0 aliphatic rings. The Labute approximate surface area is 131 Å². The molecule has 0 aromatic heterocycles. The Kier molecular flexibility index (Phi) is 14.0. The first-order valence-electron chi connectivity index (χ1n) is 3.75. The largest absolute Gasteiger partial charge is 1.00 e. The van der Waals surface area contributed by atoms with Crippen LogP contribution in [0.2, 0.25) is 0 Å². The van der Waals surface area contributed by atoms with Gasteiger partial charge in [-0.2, -0.15) is 0 Å². The summed E-state index contributed by atoms with van der Waals surface area (Å²) in [5, 5.41) is 0. The molecule has 0 aliphatic heterocycles. The molecule has 3 nitrogen and oxygen atoms in total. The van der Waals surface area contributed by atoms with Crippen molar-refractivity contribution in [3.63, 3.8) is 0 Å². The van der Waals surface area contributed by atoms with E-state index in [1.165, 1.54) is 0 Å². The van der Waals surface area contributed by atoms with E-state index in [1.807, 2.05) is 20.8 Å². The van der Waals surface area contributed by atoms with Crippen LogP contribution in [0.1, 0.15) is 20.8 Å². The Balaban J connectivity index is -0.000000249. The van der Waals surface area contributed by atoms with Gasteiger partial charge >= 0.3 is 65.0 Å². The van der Waals surface area contributed by atoms with E-state index in [4.69, 9.17) is 4.74 Å². The van der Waals surface area contributed by atoms with Crippen LogP contribution in [-0.2, 0) is 4.74 Å². The minimum atomic E-state index is -3.67. The fraction of sp³-hybridized carbons (Fsp3) is 0.714. The number of amides is 1. The summed E-state index contributed by atoms with van der Waals surface area (Å²) in [6, 6.07) is 0. The van der Waals surface area contributed by atoms with Crippen LogP contribution in [0.5, 0.6) is 0 Å². The summed E-state index contributed by atoms with van der Waals surface area (Å²) in [4.78, 5) is 12.0. The Morgan fingerprint density at radius 1 is 1.33 bits per heavy atom. The molecule has 0 spiro atoms. The first-order valence-corrected chi connectivity index (χ1v) is 3.75. The van der Waals surface area contributed by atoms with Gasteiger partial charge in [0, 0.05) is 0 Å². The van der Waals surface area contributed by atoms with Crippen molar-refractivity contribution < 1.29 is 73.9 Å². The Hall–Kier alpha value is 0.761. The van der Waals surface area contributed by atoms with Gasteiger partial charge in [0.2, 0.25) is 0 Å². The topological polar surface area (TPSA) is 29.5 Å². The quantitative estimate of drug-likeness (QED) is 0.430. The van der Waals surface area contributed by atoms with Gasteiger partial charge in [-0.1, -0.05) is 0 Å². The maximum absolute atomic E-state index is 10.8. The summed E-state index contributed by atoms with van der Waals surface area (Å²) in [5.74, 6) is 0. The predicted molar refractivity (Wildman–Crippen MR) is 48.4 cm³/mol. The van der Waals surface area contributed by atoms with Crippen molar-refractivity contribution in [1.29, 1.82) is 0 Å². The molecule has 0 aromatic rings. The van der Waals surface area contributed by atoms with Gasteiger partial charge in [-0.3, -0.25) is 12.9 Å². The average molecular weight is 251 g/mol. The number of hydrogen-bond acceptors (Lipinski definition) is 2. The summed E-state index contributed by atoms with van der Waals surface area (Å²) in [6.45, 7) is 5.44. The molecule has 0 saturated heterocycles. The van der Waals surface area contributed by atoms with Gasteiger partial charge in [-0.25, -0.2) is 11.8 Å². The zero-order chi connectivity index (χ0) is 11.9. The Morgan fingerprint density at radius 2 is 1.60 bits per heavy atom. The van der Waals surface area contributed by atoms with Crippen molar-refractivity contribution in [1.82, 2.24) is 4.90 Å². The van der Waals surface area contributed by atoms with Gasteiger partial charge in [0.05, 0.1) is 0 Å². The number of carbonyl (C=O) groups is 1. The fourth-order valence-corrected chi connectivity index (χ4v) is 0.340. The van der Waals surface area contributed by atoms with Gasteiger partial charge in [0.15, 0.2) is 0 Å². The summed E-state index contributed by atoms with van der Waals surface area (Å²) >= 11 is 0. The number of halogens is 3. The number of rotatable bonds is 0. The van der Waals surface area contributed by atoms with Crippen LogP contribution in [0.15, 0.2) is 0 Å². The molecular weight excluding hydrogens is 237 g/mol.